The van der Waals surface area contributed by atoms with Crippen LogP contribution in [-0.2, 0) is 4.79 Å². The lowest BCUT2D eigenvalue weighted by atomic mass is 9.96. The van der Waals surface area contributed by atoms with Gasteiger partial charge in [0.15, 0.2) is 0 Å². The summed E-state index contributed by atoms with van der Waals surface area (Å²) in [6.45, 7) is 1.83. The molecule has 148 valence electrons. The van der Waals surface area contributed by atoms with Crippen molar-refractivity contribution in [2.75, 3.05) is 30.8 Å². The van der Waals surface area contributed by atoms with Crippen molar-refractivity contribution >= 4 is 35.0 Å². The van der Waals surface area contributed by atoms with E-state index in [9.17, 15) is 9.59 Å². The number of hydrogen-bond donors (Lipinski definition) is 3. The number of nitrogens with one attached hydrogen (secondary N) is 2. The van der Waals surface area contributed by atoms with E-state index in [1.54, 1.807) is 36.5 Å². The summed E-state index contributed by atoms with van der Waals surface area (Å²) in [6, 6.07) is 7.42. The van der Waals surface area contributed by atoms with Gasteiger partial charge in [-0.25, -0.2) is 9.78 Å². The molecule has 4 N–H and O–H groups in total. The Morgan fingerprint density at radius 2 is 1.89 bits per heavy atom. The van der Waals surface area contributed by atoms with Crippen LogP contribution in [0.5, 0.6) is 11.5 Å². The Morgan fingerprint density at radius 3 is 2.57 bits per heavy atom. The molecule has 2 aromatic rings. The quantitative estimate of drug-likeness (QED) is 0.709. The van der Waals surface area contributed by atoms with Gasteiger partial charge in [0, 0.05) is 24.2 Å². The summed E-state index contributed by atoms with van der Waals surface area (Å²) < 4.78 is 5.77. The summed E-state index contributed by atoms with van der Waals surface area (Å²) in [6.07, 6.45) is 3.23. The highest BCUT2D eigenvalue weighted by Gasteiger charge is 2.23. The van der Waals surface area contributed by atoms with Crippen molar-refractivity contribution in [1.29, 1.82) is 0 Å². The predicted octanol–water partition coefficient (Wildman–Crippen LogP) is 3.30. The first-order valence-corrected chi connectivity index (χ1v) is 9.28. The standard InChI is InChI=1S/C19H22ClN5O3/c1-25-8-5-12(6-9-25)18(26)24-17-11-14(4-7-22-17)28-13-2-3-16(15(20)10-13)23-19(21)27/h2-4,7,10-12H,5-6,8-9H2,1H3,(H3,21,23,27)(H,22,24,26). The zero-order chi connectivity index (χ0) is 20.1. The first-order valence-electron chi connectivity index (χ1n) is 8.90. The highest BCUT2D eigenvalue weighted by molar-refractivity contribution is 6.33. The number of carbonyl (C=O) groups excluding carboxylic acids is 2. The van der Waals surface area contributed by atoms with Crippen molar-refractivity contribution in [2.45, 2.75) is 12.8 Å². The van der Waals surface area contributed by atoms with Crippen LogP contribution in [0.3, 0.4) is 0 Å². The zero-order valence-corrected chi connectivity index (χ0v) is 16.2. The van der Waals surface area contributed by atoms with Crippen LogP contribution in [0.1, 0.15) is 12.8 Å². The molecule has 0 unspecified atom stereocenters. The van der Waals surface area contributed by atoms with Crippen LogP contribution < -0.4 is 21.1 Å². The number of nitrogens with zero attached hydrogens (tertiary/aromatic N) is 2. The summed E-state index contributed by atoms with van der Waals surface area (Å²) >= 11 is 6.11. The third-order valence-corrected chi connectivity index (χ3v) is 4.82. The summed E-state index contributed by atoms with van der Waals surface area (Å²) in [5, 5.41) is 5.57. The van der Waals surface area contributed by atoms with Crippen molar-refractivity contribution in [2.24, 2.45) is 11.7 Å². The number of amides is 3. The number of nitrogens with two attached hydrogens (primary N) is 1. The number of likely N-dealkylation sites (tertiary alicyclic amines) is 1. The highest BCUT2D eigenvalue weighted by Crippen LogP contribution is 2.30. The van der Waals surface area contributed by atoms with Crippen molar-refractivity contribution in [1.82, 2.24) is 9.88 Å². The van der Waals surface area contributed by atoms with Crippen molar-refractivity contribution in [3.8, 4) is 11.5 Å². The minimum atomic E-state index is -0.699. The second kappa shape index (κ2) is 8.90. The van der Waals surface area contributed by atoms with Gasteiger partial charge in [-0.1, -0.05) is 11.6 Å². The fraction of sp³-hybridized carbons (Fsp3) is 0.316. The number of ether oxygens (including phenoxy) is 1. The minimum Gasteiger partial charge on any atom is -0.457 e. The van der Waals surface area contributed by atoms with Gasteiger partial charge in [-0.15, -0.1) is 0 Å². The minimum absolute atomic E-state index is 0.00770. The Labute approximate surface area is 168 Å². The Hall–Kier alpha value is -2.84. The SMILES string of the molecule is CN1CCC(C(=O)Nc2cc(Oc3ccc(NC(N)=O)c(Cl)c3)ccn2)CC1. The number of anilines is 2. The van der Waals surface area contributed by atoms with Gasteiger partial charge in [0.05, 0.1) is 10.7 Å². The molecule has 0 radical (unpaired) electrons. The Kier molecular flexibility index (Phi) is 6.33. The molecule has 0 bridgehead atoms. The van der Waals surface area contributed by atoms with Gasteiger partial charge in [0.2, 0.25) is 5.91 Å². The summed E-state index contributed by atoms with van der Waals surface area (Å²) in [5.74, 6) is 1.37. The van der Waals surface area contributed by atoms with Gasteiger partial charge < -0.3 is 26.0 Å². The van der Waals surface area contributed by atoms with E-state index in [4.69, 9.17) is 22.1 Å². The van der Waals surface area contributed by atoms with E-state index in [1.165, 1.54) is 0 Å². The number of piperidine rings is 1. The van der Waals surface area contributed by atoms with Crippen molar-refractivity contribution < 1.29 is 14.3 Å². The Morgan fingerprint density at radius 1 is 1.18 bits per heavy atom. The van der Waals surface area contributed by atoms with Crippen molar-refractivity contribution in [3.63, 3.8) is 0 Å². The predicted molar refractivity (Wildman–Crippen MR) is 108 cm³/mol. The largest absolute Gasteiger partial charge is 0.457 e. The third kappa shape index (κ3) is 5.34. The second-order valence-corrected chi connectivity index (χ2v) is 7.08. The lowest BCUT2D eigenvalue weighted by Gasteiger charge is -2.27. The first-order chi connectivity index (χ1) is 13.4. The molecule has 1 aromatic heterocycles. The van der Waals surface area contributed by atoms with Crippen LogP contribution in [-0.4, -0.2) is 42.0 Å². The number of benzene rings is 1. The van der Waals surface area contributed by atoms with Crippen LogP contribution >= 0.6 is 11.6 Å². The van der Waals surface area contributed by atoms with Gasteiger partial charge >= 0.3 is 6.03 Å². The molecule has 1 fully saturated rings. The van der Waals surface area contributed by atoms with Gasteiger partial charge in [0.1, 0.15) is 17.3 Å². The summed E-state index contributed by atoms with van der Waals surface area (Å²) in [5.41, 5.74) is 5.48. The maximum Gasteiger partial charge on any atom is 0.316 e. The number of halogens is 1. The topological polar surface area (TPSA) is 110 Å². The number of pyridine rings is 1. The number of hydrogen-bond acceptors (Lipinski definition) is 5. The molecule has 1 aromatic carbocycles. The van der Waals surface area contributed by atoms with Gasteiger partial charge in [-0.05, 0) is 51.2 Å². The average Bonchev–Trinajstić information content (AvgIpc) is 2.64. The molecule has 9 heteroatoms. The number of primary amides is 1. The molecule has 2 heterocycles. The first kappa shape index (κ1) is 19.9. The molecule has 3 rings (SSSR count). The molecule has 1 aliphatic rings. The number of urea groups is 1. The fourth-order valence-electron chi connectivity index (χ4n) is 2.97. The van der Waals surface area contributed by atoms with Crippen LogP contribution in [0, 0.1) is 5.92 Å². The molecule has 0 atom stereocenters. The zero-order valence-electron chi connectivity index (χ0n) is 15.4. The molecule has 8 nitrogen and oxygen atoms in total. The van der Waals surface area contributed by atoms with E-state index in [1.807, 2.05) is 0 Å². The van der Waals surface area contributed by atoms with Crippen LogP contribution in [0.15, 0.2) is 36.5 Å². The molecule has 3 amide bonds. The summed E-state index contributed by atoms with van der Waals surface area (Å²) in [4.78, 5) is 29.8. The lowest BCUT2D eigenvalue weighted by molar-refractivity contribution is -0.121. The van der Waals surface area contributed by atoms with Gasteiger partial charge in [-0.2, -0.15) is 0 Å². The molecule has 0 aliphatic carbocycles. The number of rotatable bonds is 5. The van der Waals surface area contributed by atoms with E-state index in [2.05, 4.69) is 27.6 Å². The monoisotopic (exact) mass is 403 g/mol. The molecular weight excluding hydrogens is 382 g/mol. The Balaban J connectivity index is 1.64. The van der Waals surface area contributed by atoms with E-state index < -0.39 is 6.03 Å². The van der Waals surface area contributed by atoms with Gasteiger partial charge in [-0.3, -0.25) is 4.79 Å². The molecule has 0 spiro atoms. The number of aromatic nitrogens is 1. The van der Waals surface area contributed by atoms with E-state index in [0.717, 1.165) is 25.9 Å². The van der Waals surface area contributed by atoms with E-state index in [-0.39, 0.29) is 11.8 Å². The second-order valence-electron chi connectivity index (χ2n) is 6.68. The molecular formula is C19H22ClN5O3. The maximum atomic E-state index is 12.4. The van der Waals surface area contributed by atoms with Crippen LogP contribution in [0.4, 0.5) is 16.3 Å². The van der Waals surface area contributed by atoms with Crippen molar-refractivity contribution in [3.05, 3.63) is 41.6 Å². The third-order valence-electron chi connectivity index (χ3n) is 4.51. The Bertz CT molecular complexity index is 868. The normalized spacial score (nSPS) is 15.1. The molecule has 0 saturated carbocycles. The lowest BCUT2D eigenvalue weighted by Crippen LogP contribution is -2.36. The fourth-order valence-corrected chi connectivity index (χ4v) is 3.19. The highest BCUT2D eigenvalue weighted by atomic mass is 35.5. The maximum absolute atomic E-state index is 12.4. The van der Waals surface area contributed by atoms with Crippen LogP contribution in [0.25, 0.3) is 0 Å². The molecule has 1 saturated heterocycles. The van der Waals surface area contributed by atoms with Crippen LogP contribution in [0.2, 0.25) is 5.02 Å². The smallest absolute Gasteiger partial charge is 0.316 e. The molecule has 28 heavy (non-hydrogen) atoms. The average molecular weight is 404 g/mol. The number of carbonyl (C=O) groups is 2. The van der Waals surface area contributed by atoms with Gasteiger partial charge in [0.25, 0.3) is 0 Å². The van der Waals surface area contributed by atoms with E-state index >= 15 is 0 Å². The molecule has 1 aliphatic heterocycles. The van der Waals surface area contributed by atoms with E-state index in [0.29, 0.717) is 28.0 Å². The summed E-state index contributed by atoms with van der Waals surface area (Å²) in [7, 11) is 2.05.